The zero-order valence-electron chi connectivity index (χ0n) is 8.68. The summed E-state index contributed by atoms with van der Waals surface area (Å²) in [5.41, 5.74) is 5.74. The van der Waals surface area contributed by atoms with Crippen LogP contribution in [-0.4, -0.2) is 19.3 Å². The van der Waals surface area contributed by atoms with Crippen LogP contribution in [-0.2, 0) is 4.74 Å². The van der Waals surface area contributed by atoms with E-state index in [1.54, 1.807) is 7.11 Å². The van der Waals surface area contributed by atoms with Crippen LogP contribution in [0.25, 0.3) is 0 Å². The highest BCUT2D eigenvalue weighted by Gasteiger charge is 2.10. The van der Waals surface area contributed by atoms with Gasteiger partial charge in [-0.1, -0.05) is 32.6 Å². The molecular weight excluding hydrogens is 150 g/mol. The summed E-state index contributed by atoms with van der Waals surface area (Å²) in [4.78, 5) is 0. The molecule has 2 atom stereocenters. The molecule has 0 radical (unpaired) electrons. The second-order valence-corrected chi connectivity index (χ2v) is 3.48. The lowest BCUT2D eigenvalue weighted by atomic mass is 10.1. The first kappa shape index (κ1) is 11.9. The van der Waals surface area contributed by atoms with Gasteiger partial charge in [-0.2, -0.15) is 0 Å². The van der Waals surface area contributed by atoms with Crippen molar-refractivity contribution in [3.63, 3.8) is 0 Å². The molecule has 0 heterocycles. The van der Waals surface area contributed by atoms with Gasteiger partial charge in [0, 0.05) is 13.2 Å². The molecule has 0 spiro atoms. The zero-order valence-corrected chi connectivity index (χ0v) is 8.68. The molecule has 2 heteroatoms. The number of methoxy groups -OCH3 is 1. The standard InChI is InChI=1S/C10H23NO/c1-4-5-6-7-8-10(12-3)9(2)11/h9-10H,4-8,11H2,1-3H3. The van der Waals surface area contributed by atoms with Crippen LogP contribution in [0.2, 0.25) is 0 Å². The van der Waals surface area contributed by atoms with E-state index in [4.69, 9.17) is 10.5 Å². The Kier molecular flexibility index (Phi) is 7.51. The summed E-state index contributed by atoms with van der Waals surface area (Å²) >= 11 is 0. The van der Waals surface area contributed by atoms with E-state index in [2.05, 4.69) is 6.92 Å². The van der Waals surface area contributed by atoms with Crippen LogP contribution in [0.15, 0.2) is 0 Å². The van der Waals surface area contributed by atoms with Crippen molar-refractivity contribution in [1.29, 1.82) is 0 Å². The van der Waals surface area contributed by atoms with Crippen LogP contribution in [0, 0.1) is 0 Å². The molecule has 0 rings (SSSR count). The summed E-state index contributed by atoms with van der Waals surface area (Å²) in [5.74, 6) is 0. The van der Waals surface area contributed by atoms with Gasteiger partial charge in [-0.3, -0.25) is 0 Å². The summed E-state index contributed by atoms with van der Waals surface area (Å²) in [6.07, 6.45) is 6.53. The Morgan fingerprint density at radius 3 is 2.33 bits per heavy atom. The van der Waals surface area contributed by atoms with Gasteiger partial charge in [0.2, 0.25) is 0 Å². The number of nitrogens with two attached hydrogens (primary N) is 1. The third kappa shape index (κ3) is 5.56. The molecule has 0 aromatic heterocycles. The summed E-state index contributed by atoms with van der Waals surface area (Å²) in [5, 5.41) is 0. The van der Waals surface area contributed by atoms with E-state index in [1.165, 1.54) is 25.7 Å². The monoisotopic (exact) mass is 173 g/mol. The minimum Gasteiger partial charge on any atom is -0.380 e. The molecule has 0 aliphatic heterocycles. The van der Waals surface area contributed by atoms with E-state index in [1.807, 2.05) is 6.92 Å². The van der Waals surface area contributed by atoms with Crippen LogP contribution >= 0.6 is 0 Å². The van der Waals surface area contributed by atoms with E-state index >= 15 is 0 Å². The topological polar surface area (TPSA) is 35.2 Å². The Bertz CT molecular complexity index is 93.8. The molecule has 12 heavy (non-hydrogen) atoms. The van der Waals surface area contributed by atoms with Crippen molar-refractivity contribution in [2.24, 2.45) is 5.73 Å². The third-order valence-electron chi connectivity index (χ3n) is 2.23. The minimum atomic E-state index is 0.164. The predicted octanol–water partition coefficient (Wildman–Crippen LogP) is 2.32. The lowest BCUT2D eigenvalue weighted by molar-refractivity contribution is 0.0758. The quantitative estimate of drug-likeness (QED) is 0.600. The van der Waals surface area contributed by atoms with Crippen molar-refractivity contribution in [3.05, 3.63) is 0 Å². The van der Waals surface area contributed by atoms with Crippen molar-refractivity contribution >= 4 is 0 Å². The fourth-order valence-corrected chi connectivity index (χ4v) is 1.37. The molecule has 0 aliphatic carbocycles. The number of hydrogen-bond donors (Lipinski definition) is 1. The molecule has 2 unspecified atom stereocenters. The van der Waals surface area contributed by atoms with Gasteiger partial charge in [0.05, 0.1) is 6.10 Å². The van der Waals surface area contributed by atoms with Gasteiger partial charge >= 0.3 is 0 Å². The Morgan fingerprint density at radius 1 is 1.25 bits per heavy atom. The average molecular weight is 173 g/mol. The first-order valence-electron chi connectivity index (χ1n) is 5.00. The van der Waals surface area contributed by atoms with Crippen LogP contribution < -0.4 is 5.73 Å². The smallest absolute Gasteiger partial charge is 0.0719 e. The van der Waals surface area contributed by atoms with E-state index in [0.29, 0.717) is 0 Å². The molecule has 0 saturated heterocycles. The van der Waals surface area contributed by atoms with Gasteiger partial charge < -0.3 is 10.5 Å². The summed E-state index contributed by atoms with van der Waals surface area (Å²) in [6.45, 7) is 4.23. The summed E-state index contributed by atoms with van der Waals surface area (Å²) in [6, 6.07) is 0.164. The Balaban J connectivity index is 3.32. The maximum Gasteiger partial charge on any atom is 0.0719 e. The molecular formula is C10H23NO. The van der Waals surface area contributed by atoms with Crippen LogP contribution in [0.3, 0.4) is 0 Å². The predicted molar refractivity (Wildman–Crippen MR) is 53.2 cm³/mol. The number of unbranched alkanes of at least 4 members (excludes halogenated alkanes) is 3. The molecule has 0 bridgehead atoms. The van der Waals surface area contributed by atoms with Crippen molar-refractivity contribution in [2.75, 3.05) is 7.11 Å². The molecule has 0 amide bonds. The van der Waals surface area contributed by atoms with Crippen molar-refractivity contribution in [3.8, 4) is 0 Å². The number of rotatable bonds is 7. The first-order chi connectivity index (χ1) is 5.72. The second kappa shape index (κ2) is 7.56. The number of ether oxygens (including phenoxy) is 1. The average Bonchev–Trinajstić information content (AvgIpc) is 2.04. The van der Waals surface area contributed by atoms with Gasteiger partial charge in [0.1, 0.15) is 0 Å². The molecule has 74 valence electrons. The van der Waals surface area contributed by atoms with Gasteiger partial charge in [-0.15, -0.1) is 0 Å². The van der Waals surface area contributed by atoms with Crippen molar-refractivity contribution in [1.82, 2.24) is 0 Å². The Morgan fingerprint density at radius 2 is 1.92 bits per heavy atom. The molecule has 0 aromatic carbocycles. The zero-order chi connectivity index (χ0) is 9.40. The fourth-order valence-electron chi connectivity index (χ4n) is 1.37. The first-order valence-corrected chi connectivity index (χ1v) is 5.00. The largest absolute Gasteiger partial charge is 0.380 e. The minimum absolute atomic E-state index is 0.164. The number of hydrogen-bond acceptors (Lipinski definition) is 2. The normalized spacial score (nSPS) is 16.0. The van der Waals surface area contributed by atoms with E-state index in [0.717, 1.165) is 6.42 Å². The lowest BCUT2D eigenvalue weighted by Crippen LogP contribution is -2.33. The molecule has 0 aliphatic rings. The molecule has 0 saturated carbocycles. The van der Waals surface area contributed by atoms with E-state index in [-0.39, 0.29) is 12.1 Å². The highest BCUT2D eigenvalue weighted by Crippen LogP contribution is 2.09. The molecule has 0 fully saturated rings. The summed E-state index contributed by atoms with van der Waals surface area (Å²) in [7, 11) is 1.74. The van der Waals surface area contributed by atoms with Gasteiger partial charge in [-0.05, 0) is 13.3 Å². The van der Waals surface area contributed by atoms with Crippen LogP contribution in [0.1, 0.15) is 46.0 Å². The Labute approximate surface area is 76.5 Å². The van der Waals surface area contributed by atoms with Gasteiger partial charge in [0.15, 0.2) is 0 Å². The Hall–Kier alpha value is -0.0800. The van der Waals surface area contributed by atoms with Gasteiger partial charge in [0.25, 0.3) is 0 Å². The summed E-state index contributed by atoms with van der Waals surface area (Å²) < 4.78 is 5.27. The fraction of sp³-hybridized carbons (Fsp3) is 1.00. The molecule has 0 aromatic rings. The lowest BCUT2D eigenvalue weighted by Gasteiger charge is -2.18. The van der Waals surface area contributed by atoms with E-state index < -0.39 is 0 Å². The van der Waals surface area contributed by atoms with Crippen molar-refractivity contribution < 1.29 is 4.74 Å². The highest BCUT2D eigenvalue weighted by molar-refractivity contribution is 4.67. The third-order valence-corrected chi connectivity index (χ3v) is 2.23. The molecule has 2 N–H and O–H groups in total. The maximum absolute atomic E-state index is 5.74. The van der Waals surface area contributed by atoms with E-state index in [9.17, 15) is 0 Å². The van der Waals surface area contributed by atoms with Crippen LogP contribution in [0.4, 0.5) is 0 Å². The molecule has 2 nitrogen and oxygen atoms in total. The van der Waals surface area contributed by atoms with Crippen molar-refractivity contribution in [2.45, 2.75) is 58.1 Å². The second-order valence-electron chi connectivity index (χ2n) is 3.48. The highest BCUT2D eigenvalue weighted by atomic mass is 16.5. The SMILES string of the molecule is CCCCCCC(OC)C(C)N. The van der Waals surface area contributed by atoms with Gasteiger partial charge in [-0.25, -0.2) is 0 Å². The maximum atomic E-state index is 5.74. The van der Waals surface area contributed by atoms with Crippen LogP contribution in [0.5, 0.6) is 0 Å².